The summed E-state index contributed by atoms with van der Waals surface area (Å²) in [7, 11) is -3.77. The Labute approximate surface area is 155 Å². The minimum Gasteiger partial charge on any atom is -0.452 e. The molecule has 2 aromatic rings. The van der Waals surface area contributed by atoms with Crippen molar-refractivity contribution in [3.05, 3.63) is 59.9 Å². The second-order valence-corrected chi connectivity index (χ2v) is 6.95. The molecule has 140 valence electrons. The second-order valence-electron chi connectivity index (χ2n) is 5.19. The Kier molecular flexibility index (Phi) is 6.65. The molecule has 0 aliphatic heterocycles. The summed E-state index contributed by atoms with van der Waals surface area (Å²) in [5, 5.41) is 2.38. The number of carbonyl (C=O) groups excluding carboxylic acids is 2. The number of sulfonamides is 1. The van der Waals surface area contributed by atoms with Gasteiger partial charge in [0.15, 0.2) is 6.61 Å². The number of hydrogen-bond acceptors (Lipinski definition) is 5. The Bertz CT molecular complexity index is 982. The first-order valence-corrected chi connectivity index (χ1v) is 9.06. The highest BCUT2D eigenvalue weighted by molar-refractivity contribution is 7.89. The van der Waals surface area contributed by atoms with Crippen molar-refractivity contribution in [3.8, 4) is 12.3 Å². The summed E-state index contributed by atoms with van der Waals surface area (Å²) in [4.78, 5) is 23.6. The minimum absolute atomic E-state index is 0.0597. The number of ether oxygens (including phenoxy) is 1. The van der Waals surface area contributed by atoms with Gasteiger partial charge in [-0.3, -0.25) is 4.79 Å². The molecule has 0 bridgehead atoms. The van der Waals surface area contributed by atoms with Crippen LogP contribution in [0.2, 0.25) is 0 Å². The van der Waals surface area contributed by atoms with Crippen LogP contribution in [0.4, 0.5) is 10.1 Å². The van der Waals surface area contributed by atoms with Crippen molar-refractivity contribution >= 4 is 27.6 Å². The number of nitrogens with one attached hydrogen (secondary N) is 2. The van der Waals surface area contributed by atoms with Crippen molar-refractivity contribution in [2.24, 2.45) is 0 Å². The van der Waals surface area contributed by atoms with Gasteiger partial charge in [0.25, 0.3) is 5.91 Å². The first kappa shape index (κ1) is 20.1. The summed E-state index contributed by atoms with van der Waals surface area (Å²) < 4.78 is 43.8. The molecule has 27 heavy (non-hydrogen) atoms. The van der Waals surface area contributed by atoms with Crippen LogP contribution in [0.3, 0.4) is 0 Å². The van der Waals surface area contributed by atoms with Crippen LogP contribution in [0.15, 0.2) is 53.4 Å². The monoisotopic (exact) mass is 390 g/mol. The Morgan fingerprint density at radius 3 is 2.48 bits per heavy atom. The molecule has 1 amide bonds. The molecule has 0 aromatic heterocycles. The van der Waals surface area contributed by atoms with Gasteiger partial charge in [-0.15, -0.1) is 6.42 Å². The number of amides is 1. The number of carbonyl (C=O) groups is 2. The van der Waals surface area contributed by atoms with E-state index in [1.807, 2.05) is 0 Å². The topological polar surface area (TPSA) is 102 Å². The van der Waals surface area contributed by atoms with Gasteiger partial charge in [-0.25, -0.2) is 17.6 Å². The first-order chi connectivity index (χ1) is 12.8. The van der Waals surface area contributed by atoms with Crippen LogP contribution in [0.5, 0.6) is 0 Å². The normalized spacial score (nSPS) is 10.7. The van der Waals surface area contributed by atoms with Gasteiger partial charge in [0.1, 0.15) is 5.82 Å². The van der Waals surface area contributed by atoms with Crippen molar-refractivity contribution in [1.82, 2.24) is 4.72 Å². The van der Waals surface area contributed by atoms with Crippen LogP contribution in [-0.2, 0) is 19.6 Å². The molecule has 0 spiro atoms. The molecule has 9 heteroatoms. The fourth-order valence-corrected chi connectivity index (χ4v) is 2.90. The van der Waals surface area contributed by atoms with E-state index in [9.17, 15) is 22.4 Å². The Balaban J connectivity index is 1.92. The lowest BCUT2D eigenvalue weighted by molar-refractivity contribution is -0.119. The summed E-state index contributed by atoms with van der Waals surface area (Å²) >= 11 is 0. The second kappa shape index (κ2) is 8.93. The Morgan fingerprint density at radius 2 is 1.85 bits per heavy atom. The largest absolute Gasteiger partial charge is 0.452 e. The van der Waals surface area contributed by atoms with Crippen LogP contribution in [0.1, 0.15) is 10.4 Å². The average molecular weight is 390 g/mol. The number of benzene rings is 2. The molecular weight excluding hydrogens is 375 g/mol. The molecule has 2 N–H and O–H groups in total. The number of terminal acetylenes is 1. The number of rotatable bonds is 7. The maximum Gasteiger partial charge on any atom is 0.338 e. The lowest BCUT2D eigenvalue weighted by Crippen LogP contribution is -2.24. The van der Waals surface area contributed by atoms with Crippen LogP contribution < -0.4 is 10.0 Å². The van der Waals surface area contributed by atoms with Crippen molar-refractivity contribution in [2.45, 2.75) is 4.90 Å². The molecule has 7 nitrogen and oxygen atoms in total. The number of hydrogen-bond donors (Lipinski definition) is 2. The van der Waals surface area contributed by atoms with Crippen molar-refractivity contribution < 1.29 is 27.1 Å². The van der Waals surface area contributed by atoms with Crippen LogP contribution >= 0.6 is 0 Å². The molecular formula is C18H15FN2O5S. The third-order valence-electron chi connectivity index (χ3n) is 3.21. The predicted molar refractivity (Wildman–Crippen MR) is 95.8 cm³/mol. The van der Waals surface area contributed by atoms with E-state index in [4.69, 9.17) is 11.2 Å². The zero-order valence-electron chi connectivity index (χ0n) is 13.9. The molecule has 2 rings (SSSR count). The maximum absolute atomic E-state index is 13.0. The highest BCUT2D eigenvalue weighted by atomic mass is 32.2. The summed E-state index contributed by atoms with van der Waals surface area (Å²) in [6.07, 6.45) is 5.00. The minimum atomic E-state index is -3.77. The van der Waals surface area contributed by atoms with Gasteiger partial charge in [0.2, 0.25) is 10.0 Å². The smallest absolute Gasteiger partial charge is 0.338 e. The number of halogens is 1. The molecule has 0 saturated carbocycles. The fourth-order valence-electron chi connectivity index (χ4n) is 1.97. The standard InChI is InChI=1S/C18H15FN2O5S/c1-2-10-20-27(24,25)16-8-6-13(7-9-16)18(23)26-12-17(22)21-15-5-3-4-14(19)11-15/h1,3-9,11,20H,10,12H2,(H,21,22). The summed E-state index contributed by atoms with van der Waals surface area (Å²) in [5.74, 6) is 0.169. The predicted octanol–water partition coefficient (Wildman–Crippen LogP) is 1.53. The third kappa shape index (κ3) is 5.91. The van der Waals surface area contributed by atoms with E-state index < -0.39 is 34.3 Å². The van der Waals surface area contributed by atoms with E-state index in [2.05, 4.69) is 16.0 Å². The van der Waals surface area contributed by atoms with Gasteiger partial charge >= 0.3 is 5.97 Å². The quantitative estimate of drug-likeness (QED) is 0.552. The van der Waals surface area contributed by atoms with E-state index in [0.29, 0.717) is 0 Å². The Hall–Kier alpha value is -3.22. The van der Waals surface area contributed by atoms with Crippen molar-refractivity contribution in [2.75, 3.05) is 18.5 Å². The summed E-state index contributed by atoms with van der Waals surface area (Å²) in [6, 6.07) is 10.2. The van der Waals surface area contributed by atoms with Gasteiger partial charge in [0, 0.05) is 5.69 Å². The fraction of sp³-hybridized carbons (Fsp3) is 0.111. The molecule has 0 saturated heterocycles. The molecule has 0 unspecified atom stereocenters. The van der Waals surface area contributed by atoms with Crippen molar-refractivity contribution in [1.29, 1.82) is 0 Å². The van der Waals surface area contributed by atoms with Gasteiger partial charge < -0.3 is 10.1 Å². The highest BCUT2D eigenvalue weighted by Gasteiger charge is 2.15. The van der Waals surface area contributed by atoms with Gasteiger partial charge in [-0.05, 0) is 42.5 Å². The first-order valence-electron chi connectivity index (χ1n) is 7.57. The van der Waals surface area contributed by atoms with Crippen molar-refractivity contribution in [3.63, 3.8) is 0 Å². The third-order valence-corrected chi connectivity index (χ3v) is 4.62. The van der Waals surface area contributed by atoms with Gasteiger partial charge in [0.05, 0.1) is 17.0 Å². The Morgan fingerprint density at radius 1 is 1.15 bits per heavy atom. The lowest BCUT2D eigenvalue weighted by Gasteiger charge is -2.08. The van der Waals surface area contributed by atoms with E-state index in [-0.39, 0.29) is 22.7 Å². The van der Waals surface area contributed by atoms with E-state index in [0.717, 1.165) is 6.07 Å². The molecule has 0 radical (unpaired) electrons. The lowest BCUT2D eigenvalue weighted by atomic mass is 10.2. The van der Waals surface area contributed by atoms with Crippen LogP contribution in [0, 0.1) is 18.2 Å². The summed E-state index contributed by atoms with van der Waals surface area (Å²) in [6.45, 7) is -0.744. The zero-order valence-corrected chi connectivity index (χ0v) is 14.8. The SMILES string of the molecule is C#CCNS(=O)(=O)c1ccc(C(=O)OCC(=O)Nc2cccc(F)c2)cc1. The van der Waals surface area contributed by atoms with Crippen LogP contribution in [-0.4, -0.2) is 33.4 Å². The zero-order chi connectivity index (χ0) is 19.9. The van der Waals surface area contributed by atoms with Crippen LogP contribution in [0.25, 0.3) is 0 Å². The molecule has 0 fully saturated rings. The molecule has 2 aromatic carbocycles. The van der Waals surface area contributed by atoms with E-state index in [1.165, 1.54) is 42.5 Å². The van der Waals surface area contributed by atoms with Gasteiger partial charge in [-0.2, -0.15) is 4.72 Å². The number of anilines is 1. The van der Waals surface area contributed by atoms with E-state index in [1.54, 1.807) is 0 Å². The number of esters is 1. The van der Waals surface area contributed by atoms with Gasteiger partial charge in [-0.1, -0.05) is 12.0 Å². The highest BCUT2D eigenvalue weighted by Crippen LogP contribution is 2.12. The van der Waals surface area contributed by atoms with E-state index >= 15 is 0 Å². The molecule has 0 atom stereocenters. The maximum atomic E-state index is 13.0. The summed E-state index contributed by atoms with van der Waals surface area (Å²) in [5.41, 5.74) is 0.287. The molecule has 0 heterocycles. The average Bonchev–Trinajstić information content (AvgIpc) is 2.64. The molecule has 0 aliphatic carbocycles. The molecule has 0 aliphatic rings.